The highest BCUT2D eigenvalue weighted by atomic mass is 35.5. The van der Waals surface area contributed by atoms with Gasteiger partial charge >= 0.3 is 0 Å². The molecule has 1 aliphatic carbocycles. The smallest absolute Gasteiger partial charge is 0.243 e. The third-order valence-corrected chi connectivity index (χ3v) is 4.22. The lowest BCUT2D eigenvalue weighted by atomic mass is 10.2. The van der Waals surface area contributed by atoms with E-state index in [0.29, 0.717) is 16.5 Å². The van der Waals surface area contributed by atoms with Gasteiger partial charge in [0.2, 0.25) is 11.8 Å². The number of halogens is 1. The monoisotopic (exact) mass is 373 g/mol. The number of carbonyl (C=O) groups is 2. The van der Waals surface area contributed by atoms with Crippen molar-refractivity contribution in [2.24, 2.45) is 5.92 Å². The molecule has 0 unspecified atom stereocenters. The van der Waals surface area contributed by atoms with Crippen LogP contribution in [-0.2, 0) is 9.59 Å². The summed E-state index contributed by atoms with van der Waals surface area (Å²) in [6, 6.07) is 12.3. The molecule has 2 amide bonds. The van der Waals surface area contributed by atoms with E-state index in [1.165, 1.54) is 7.11 Å². The van der Waals surface area contributed by atoms with Gasteiger partial charge in [-0.2, -0.15) is 0 Å². The maximum atomic E-state index is 12.1. The van der Waals surface area contributed by atoms with Crippen molar-refractivity contribution in [3.63, 3.8) is 0 Å². The molecule has 1 saturated carbocycles. The number of benzene rings is 2. The van der Waals surface area contributed by atoms with Gasteiger partial charge in [0.15, 0.2) is 0 Å². The molecule has 0 aliphatic heterocycles. The number of hydrogen-bond acceptors (Lipinski definition) is 4. The molecular weight excluding hydrogens is 354 g/mol. The summed E-state index contributed by atoms with van der Waals surface area (Å²) >= 11 is 5.95. The Balaban J connectivity index is 1.51. The van der Waals surface area contributed by atoms with Gasteiger partial charge in [-0.25, -0.2) is 0 Å². The number of hydrogen-bond donors (Lipinski definition) is 3. The minimum absolute atomic E-state index is 0.0700. The van der Waals surface area contributed by atoms with Gasteiger partial charge < -0.3 is 20.7 Å². The van der Waals surface area contributed by atoms with Crippen LogP contribution in [-0.4, -0.2) is 25.5 Å². The summed E-state index contributed by atoms with van der Waals surface area (Å²) in [5.74, 6) is 0.552. The summed E-state index contributed by atoms with van der Waals surface area (Å²) in [5.41, 5.74) is 2.05. The maximum absolute atomic E-state index is 12.1. The molecule has 0 spiro atoms. The highest BCUT2D eigenvalue weighted by molar-refractivity contribution is 6.31. The van der Waals surface area contributed by atoms with Crippen molar-refractivity contribution >= 4 is 40.5 Å². The van der Waals surface area contributed by atoms with Crippen molar-refractivity contribution < 1.29 is 14.3 Å². The fourth-order valence-corrected chi connectivity index (χ4v) is 2.59. The molecule has 0 aromatic heterocycles. The van der Waals surface area contributed by atoms with Gasteiger partial charge in [0.1, 0.15) is 5.75 Å². The molecule has 0 heterocycles. The largest absolute Gasteiger partial charge is 0.495 e. The Morgan fingerprint density at radius 2 is 1.77 bits per heavy atom. The average Bonchev–Trinajstić information content (AvgIpc) is 3.46. The van der Waals surface area contributed by atoms with Crippen molar-refractivity contribution in [1.82, 2.24) is 0 Å². The van der Waals surface area contributed by atoms with E-state index < -0.39 is 0 Å². The highest BCUT2D eigenvalue weighted by Crippen LogP contribution is 2.30. The van der Waals surface area contributed by atoms with Gasteiger partial charge in [0, 0.05) is 22.3 Å². The van der Waals surface area contributed by atoms with Crippen molar-refractivity contribution in [2.75, 3.05) is 29.6 Å². The van der Waals surface area contributed by atoms with E-state index in [1.807, 2.05) is 12.1 Å². The van der Waals surface area contributed by atoms with E-state index in [9.17, 15) is 9.59 Å². The third kappa shape index (κ3) is 4.89. The van der Waals surface area contributed by atoms with Crippen LogP contribution in [0.1, 0.15) is 12.8 Å². The normalized spacial score (nSPS) is 13.0. The first kappa shape index (κ1) is 18.1. The van der Waals surface area contributed by atoms with Crippen LogP contribution in [0, 0.1) is 5.92 Å². The zero-order valence-electron chi connectivity index (χ0n) is 14.3. The topological polar surface area (TPSA) is 79.5 Å². The number of amides is 2. The van der Waals surface area contributed by atoms with Crippen LogP contribution in [0.15, 0.2) is 42.5 Å². The van der Waals surface area contributed by atoms with Crippen molar-refractivity contribution in [3.05, 3.63) is 47.5 Å². The number of carbonyl (C=O) groups excluding carboxylic acids is 2. The summed E-state index contributed by atoms with van der Waals surface area (Å²) in [4.78, 5) is 23.9. The molecule has 0 saturated heterocycles. The Kier molecular flexibility index (Phi) is 5.63. The highest BCUT2D eigenvalue weighted by Gasteiger charge is 2.29. The van der Waals surface area contributed by atoms with Crippen LogP contribution in [0.5, 0.6) is 5.75 Å². The van der Waals surface area contributed by atoms with Crippen LogP contribution in [0.25, 0.3) is 0 Å². The number of nitrogens with one attached hydrogen (secondary N) is 3. The standard InChI is InChI=1S/C19H20ClN3O3/c1-26-17-9-4-13(20)10-16(17)23-18(24)11-21-14-5-7-15(8-6-14)22-19(25)12-2-3-12/h4-10,12,21H,2-3,11H2,1H3,(H,22,25)(H,23,24). The molecule has 26 heavy (non-hydrogen) atoms. The zero-order valence-corrected chi connectivity index (χ0v) is 15.1. The van der Waals surface area contributed by atoms with Crippen molar-refractivity contribution in [2.45, 2.75) is 12.8 Å². The summed E-state index contributed by atoms with van der Waals surface area (Å²) in [5, 5.41) is 9.18. The molecule has 0 atom stereocenters. The van der Waals surface area contributed by atoms with Gasteiger partial charge in [-0.1, -0.05) is 11.6 Å². The fraction of sp³-hybridized carbons (Fsp3) is 0.263. The first-order valence-corrected chi connectivity index (χ1v) is 8.71. The minimum atomic E-state index is -0.225. The molecule has 1 fully saturated rings. The number of methoxy groups -OCH3 is 1. The number of ether oxygens (including phenoxy) is 1. The van der Waals surface area contributed by atoms with Gasteiger partial charge in [0.05, 0.1) is 19.3 Å². The Labute approximate surface area is 156 Å². The quantitative estimate of drug-likeness (QED) is 0.690. The summed E-state index contributed by atoms with van der Waals surface area (Å²) < 4.78 is 5.20. The van der Waals surface area contributed by atoms with Gasteiger partial charge in [-0.05, 0) is 55.3 Å². The Bertz CT molecular complexity index is 804. The molecule has 3 N–H and O–H groups in total. The SMILES string of the molecule is COc1ccc(Cl)cc1NC(=O)CNc1ccc(NC(=O)C2CC2)cc1. The fourth-order valence-electron chi connectivity index (χ4n) is 2.42. The van der Waals surface area contributed by atoms with E-state index in [1.54, 1.807) is 30.3 Å². The van der Waals surface area contributed by atoms with E-state index in [0.717, 1.165) is 24.2 Å². The molecular formula is C19H20ClN3O3. The third-order valence-electron chi connectivity index (χ3n) is 3.99. The summed E-state index contributed by atoms with van der Waals surface area (Å²) in [6.07, 6.45) is 1.94. The van der Waals surface area contributed by atoms with E-state index in [-0.39, 0.29) is 24.3 Å². The molecule has 0 bridgehead atoms. The lowest BCUT2D eigenvalue weighted by Gasteiger charge is -2.12. The van der Waals surface area contributed by atoms with Crippen LogP contribution in [0.3, 0.4) is 0 Å². The predicted octanol–water partition coefficient (Wildman–Crippen LogP) is 3.75. The van der Waals surface area contributed by atoms with Gasteiger partial charge in [0.25, 0.3) is 0 Å². The predicted molar refractivity (Wildman–Crippen MR) is 103 cm³/mol. The summed E-state index contributed by atoms with van der Waals surface area (Å²) in [6.45, 7) is 0.0868. The van der Waals surface area contributed by atoms with E-state index in [4.69, 9.17) is 16.3 Å². The molecule has 136 valence electrons. The van der Waals surface area contributed by atoms with Gasteiger partial charge in [-0.3, -0.25) is 9.59 Å². The summed E-state index contributed by atoms with van der Waals surface area (Å²) in [7, 11) is 1.53. The number of anilines is 3. The van der Waals surface area contributed by atoms with Crippen LogP contribution in [0.2, 0.25) is 5.02 Å². The first-order valence-electron chi connectivity index (χ1n) is 8.33. The number of rotatable bonds is 7. The molecule has 6 nitrogen and oxygen atoms in total. The lowest BCUT2D eigenvalue weighted by Crippen LogP contribution is -2.22. The molecule has 2 aromatic carbocycles. The average molecular weight is 374 g/mol. The maximum Gasteiger partial charge on any atom is 0.243 e. The van der Waals surface area contributed by atoms with Crippen LogP contribution < -0.4 is 20.7 Å². The molecule has 7 heteroatoms. The Morgan fingerprint density at radius 1 is 1.08 bits per heavy atom. The second kappa shape index (κ2) is 8.10. The van der Waals surface area contributed by atoms with Crippen molar-refractivity contribution in [3.8, 4) is 5.75 Å². The van der Waals surface area contributed by atoms with Gasteiger partial charge in [-0.15, -0.1) is 0 Å². The molecule has 3 rings (SSSR count). The van der Waals surface area contributed by atoms with Crippen LogP contribution >= 0.6 is 11.6 Å². The Hall–Kier alpha value is -2.73. The minimum Gasteiger partial charge on any atom is -0.495 e. The molecule has 1 aliphatic rings. The van der Waals surface area contributed by atoms with Crippen LogP contribution in [0.4, 0.5) is 17.1 Å². The second-order valence-corrected chi connectivity index (χ2v) is 6.52. The lowest BCUT2D eigenvalue weighted by molar-refractivity contribution is -0.117. The van der Waals surface area contributed by atoms with E-state index >= 15 is 0 Å². The molecule has 2 aromatic rings. The second-order valence-electron chi connectivity index (χ2n) is 6.09. The van der Waals surface area contributed by atoms with Crippen molar-refractivity contribution in [1.29, 1.82) is 0 Å². The zero-order chi connectivity index (χ0) is 18.5. The first-order chi connectivity index (χ1) is 12.5. The molecule has 0 radical (unpaired) electrons. The Morgan fingerprint density at radius 3 is 2.42 bits per heavy atom. The van der Waals surface area contributed by atoms with E-state index in [2.05, 4.69) is 16.0 Å².